The number of ether oxygens (including phenoxy) is 2. The van der Waals surface area contributed by atoms with E-state index in [9.17, 15) is 19.2 Å². The minimum Gasteiger partial charge on any atom is -0.466 e. The summed E-state index contributed by atoms with van der Waals surface area (Å²) in [5, 5.41) is 0.457. The molecule has 1 aliphatic heterocycles. The lowest BCUT2D eigenvalue weighted by Crippen LogP contribution is -2.45. The molecule has 9 heteroatoms. The maximum Gasteiger partial charge on any atom is 0.306 e. The summed E-state index contributed by atoms with van der Waals surface area (Å²) in [6, 6.07) is 14.9. The Morgan fingerprint density at radius 2 is 1.80 bits per heavy atom. The van der Waals surface area contributed by atoms with Gasteiger partial charge in [-0.05, 0) is 44.4 Å². The number of esters is 1. The molecule has 9 nitrogen and oxygen atoms in total. The number of hydrogen-bond acceptors (Lipinski definition) is 7. The van der Waals surface area contributed by atoms with Crippen LogP contribution >= 0.6 is 0 Å². The van der Waals surface area contributed by atoms with Crippen LogP contribution in [0, 0.1) is 6.92 Å². The fourth-order valence-electron chi connectivity index (χ4n) is 4.79. The van der Waals surface area contributed by atoms with Crippen LogP contribution in [0.4, 0.5) is 0 Å². The van der Waals surface area contributed by atoms with Crippen molar-refractivity contribution in [3.05, 3.63) is 81.7 Å². The predicted molar refractivity (Wildman–Crippen MR) is 149 cm³/mol. The van der Waals surface area contributed by atoms with Crippen LogP contribution in [-0.4, -0.2) is 60.0 Å². The van der Waals surface area contributed by atoms with E-state index in [1.165, 1.54) is 11.2 Å². The molecule has 0 N–H and O–H groups in total. The maximum atomic E-state index is 13.8. The molecule has 0 spiro atoms. The van der Waals surface area contributed by atoms with Gasteiger partial charge in [0.1, 0.15) is 5.58 Å². The first-order valence-corrected chi connectivity index (χ1v) is 13.7. The van der Waals surface area contributed by atoms with E-state index in [1.54, 1.807) is 24.0 Å². The van der Waals surface area contributed by atoms with Gasteiger partial charge < -0.3 is 23.7 Å². The summed E-state index contributed by atoms with van der Waals surface area (Å²) in [6.07, 6.45) is 2.79. The third-order valence-corrected chi connectivity index (χ3v) is 6.90. The van der Waals surface area contributed by atoms with E-state index in [4.69, 9.17) is 13.9 Å². The fourth-order valence-corrected chi connectivity index (χ4v) is 4.79. The summed E-state index contributed by atoms with van der Waals surface area (Å²) in [5.41, 5.74) is 2.45. The van der Waals surface area contributed by atoms with E-state index in [0.29, 0.717) is 23.1 Å². The van der Waals surface area contributed by atoms with E-state index >= 15 is 0 Å². The maximum absolute atomic E-state index is 13.8. The standard InChI is InChI=1S/C31H36N2O7/c1-3-38-30(36)14-13-28(34)33(19-25-10-7-15-39-25)20-29(35)32(17-23-8-5-4-6-9-23)18-24-21-40-27-12-11-22(2)16-26(27)31(24)37/h4-6,8-9,11-12,16,21,25H,3,7,10,13-15,17-20H2,1-2H3. The van der Waals surface area contributed by atoms with E-state index in [0.717, 1.165) is 24.0 Å². The third-order valence-electron chi connectivity index (χ3n) is 6.90. The molecule has 0 radical (unpaired) electrons. The fraction of sp³-hybridized carbons (Fsp3) is 0.419. The Labute approximate surface area is 233 Å². The van der Waals surface area contributed by atoms with Crippen LogP contribution in [0.15, 0.2) is 64.0 Å². The highest BCUT2D eigenvalue weighted by molar-refractivity contribution is 5.86. The van der Waals surface area contributed by atoms with E-state index in [2.05, 4.69) is 0 Å². The second kappa shape index (κ2) is 13.9. The lowest BCUT2D eigenvalue weighted by molar-refractivity contribution is -0.147. The summed E-state index contributed by atoms with van der Waals surface area (Å²) in [6.45, 7) is 4.78. The first-order chi connectivity index (χ1) is 19.3. The van der Waals surface area contributed by atoms with Crippen molar-refractivity contribution in [1.29, 1.82) is 0 Å². The largest absolute Gasteiger partial charge is 0.466 e. The van der Waals surface area contributed by atoms with Gasteiger partial charge in [0, 0.05) is 26.1 Å². The van der Waals surface area contributed by atoms with Crippen molar-refractivity contribution in [2.24, 2.45) is 0 Å². The zero-order valence-electron chi connectivity index (χ0n) is 23.1. The molecule has 1 unspecified atom stereocenters. The topological polar surface area (TPSA) is 106 Å². The third kappa shape index (κ3) is 7.79. The van der Waals surface area contributed by atoms with Gasteiger partial charge in [-0.1, -0.05) is 42.0 Å². The molecular formula is C31H36N2O7. The molecule has 1 aliphatic rings. The second-order valence-electron chi connectivity index (χ2n) is 10.0. The van der Waals surface area contributed by atoms with Crippen molar-refractivity contribution >= 4 is 28.8 Å². The van der Waals surface area contributed by atoms with Gasteiger partial charge in [0.15, 0.2) is 5.43 Å². The van der Waals surface area contributed by atoms with Crippen LogP contribution in [0.25, 0.3) is 11.0 Å². The lowest BCUT2D eigenvalue weighted by atomic mass is 10.1. The number of carbonyl (C=O) groups is 3. The zero-order chi connectivity index (χ0) is 28.5. The van der Waals surface area contributed by atoms with Crippen molar-refractivity contribution in [2.75, 3.05) is 26.3 Å². The number of hydrogen-bond donors (Lipinski definition) is 0. The second-order valence-corrected chi connectivity index (χ2v) is 10.0. The van der Waals surface area contributed by atoms with Gasteiger partial charge in [-0.25, -0.2) is 0 Å². The number of carbonyl (C=O) groups excluding carboxylic acids is 3. The Morgan fingerprint density at radius 3 is 2.52 bits per heavy atom. The SMILES string of the molecule is CCOC(=O)CCC(=O)N(CC(=O)N(Cc1ccccc1)Cc1coc2ccc(C)cc2c1=O)CC1CCCO1. The summed E-state index contributed by atoms with van der Waals surface area (Å²) in [4.78, 5) is 55.2. The van der Waals surface area contributed by atoms with Gasteiger partial charge in [0.2, 0.25) is 11.8 Å². The minimum absolute atomic E-state index is 0.0186. The Hall–Kier alpha value is -3.98. The van der Waals surface area contributed by atoms with Crippen LogP contribution in [0.2, 0.25) is 0 Å². The monoisotopic (exact) mass is 548 g/mol. The normalized spacial score (nSPS) is 14.7. The summed E-state index contributed by atoms with van der Waals surface area (Å²) < 4.78 is 16.4. The Balaban J connectivity index is 1.57. The molecule has 1 aromatic heterocycles. The van der Waals surface area contributed by atoms with Crippen molar-refractivity contribution in [1.82, 2.24) is 9.80 Å². The average Bonchev–Trinajstić information content (AvgIpc) is 3.46. The molecule has 3 aromatic rings. The van der Waals surface area contributed by atoms with Gasteiger partial charge in [-0.15, -0.1) is 0 Å². The highest BCUT2D eigenvalue weighted by Crippen LogP contribution is 2.18. The first kappa shape index (κ1) is 29.0. The molecule has 0 saturated carbocycles. The van der Waals surface area contributed by atoms with Crippen LogP contribution in [0.5, 0.6) is 0 Å². The highest BCUT2D eigenvalue weighted by Gasteiger charge is 2.27. The number of nitrogens with zero attached hydrogens (tertiary/aromatic N) is 2. The molecule has 1 atom stereocenters. The molecule has 2 aromatic carbocycles. The predicted octanol–water partition coefficient (Wildman–Crippen LogP) is 3.98. The molecule has 212 valence electrons. The number of fused-ring (bicyclic) bond motifs is 1. The minimum atomic E-state index is -0.455. The van der Waals surface area contributed by atoms with Gasteiger partial charge >= 0.3 is 5.97 Å². The number of rotatable bonds is 12. The van der Waals surface area contributed by atoms with Crippen molar-refractivity contribution in [2.45, 2.75) is 58.7 Å². The molecule has 1 fully saturated rings. The summed E-state index contributed by atoms with van der Waals surface area (Å²) in [5.74, 6) is -1.10. The van der Waals surface area contributed by atoms with Crippen molar-refractivity contribution < 1.29 is 28.3 Å². The van der Waals surface area contributed by atoms with Gasteiger partial charge in [-0.3, -0.25) is 19.2 Å². The van der Waals surface area contributed by atoms with Gasteiger partial charge in [0.25, 0.3) is 0 Å². The molecule has 4 rings (SSSR count). The van der Waals surface area contributed by atoms with Crippen LogP contribution in [0.1, 0.15) is 49.3 Å². The molecule has 0 aliphatic carbocycles. The molecular weight excluding hydrogens is 512 g/mol. The summed E-state index contributed by atoms with van der Waals surface area (Å²) >= 11 is 0. The van der Waals surface area contributed by atoms with Gasteiger partial charge in [0.05, 0.1) is 49.4 Å². The van der Waals surface area contributed by atoms with E-state index < -0.39 is 5.97 Å². The van der Waals surface area contributed by atoms with Crippen LogP contribution < -0.4 is 5.43 Å². The highest BCUT2D eigenvalue weighted by atomic mass is 16.5. The first-order valence-electron chi connectivity index (χ1n) is 13.7. The molecule has 2 heterocycles. The van der Waals surface area contributed by atoms with E-state index in [1.807, 2.05) is 43.3 Å². The quantitative estimate of drug-likeness (QED) is 0.315. The Morgan fingerprint density at radius 1 is 1.00 bits per heavy atom. The number of benzene rings is 2. The van der Waals surface area contributed by atoms with Crippen LogP contribution in [0.3, 0.4) is 0 Å². The smallest absolute Gasteiger partial charge is 0.306 e. The van der Waals surface area contributed by atoms with E-state index in [-0.39, 0.29) is 69.0 Å². The average molecular weight is 549 g/mol. The Bertz CT molecular complexity index is 1380. The molecule has 2 amide bonds. The van der Waals surface area contributed by atoms with Crippen molar-refractivity contribution in [3.63, 3.8) is 0 Å². The van der Waals surface area contributed by atoms with Crippen molar-refractivity contribution in [3.8, 4) is 0 Å². The number of aryl methyl sites for hydroxylation is 1. The molecule has 40 heavy (non-hydrogen) atoms. The summed E-state index contributed by atoms with van der Waals surface area (Å²) in [7, 11) is 0. The molecule has 1 saturated heterocycles. The molecule has 0 bridgehead atoms. The van der Waals surface area contributed by atoms with Gasteiger partial charge in [-0.2, -0.15) is 0 Å². The zero-order valence-corrected chi connectivity index (χ0v) is 23.1. The Kier molecular flexibility index (Phi) is 10.1. The number of amides is 2. The lowest BCUT2D eigenvalue weighted by Gasteiger charge is -2.29. The van der Waals surface area contributed by atoms with Crippen LogP contribution in [-0.2, 0) is 36.9 Å².